The first-order valence-corrected chi connectivity index (χ1v) is 10.8. The van der Waals surface area contributed by atoms with Crippen molar-refractivity contribution in [3.63, 3.8) is 0 Å². The van der Waals surface area contributed by atoms with E-state index in [1.165, 1.54) is 5.69 Å². The lowest BCUT2D eigenvalue weighted by Gasteiger charge is -2.38. The zero-order chi connectivity index (χ0) is 20.1. The molecule has 0 spiro atoms. The molecular formula is C22H27IN2O3. The molecule has 0 bridgehead atoms. The van der Waals surface area contributed by atoms with Crippen LogP contribution in [0.15, 0.2) is 36.4 Å². The molecule has 1 atom stereocenters. The van der Waals surface area contributed by atoms with Gasteiger partial charge in [-0.3, -0.25) is 14.5 Å². The summed E-state index contributed by atoms with van der Waals surface area (Å²) < 4.78 is 8.47. The Bertz CT molecular complexity index is 848. The van der Waals surface area contributed by atoms with Gasteiger partial charge >= 0.3 is 0 Å². The van der Waals surface area contributed by atoms with Crippen LogP contribution in [0.5, 0.6) is 0 Å². The van der Waals surface area contributed by atoms with Crippen LogP contribution in [-0.2, 0) is 21.5 Å². The number of carbonyl (C=O) groups is 2. The summed E-state index contributed by atoms with van der Waals surface area (Å²) in [6.07, 6.45) is 5.18. The summed E-state index contributed by atoms with van der Waals surface area (Å²) in [7, 11) is 1.61. The van der Waals surface area contributed by atoms with Gasteiger partial charge in [-0.05, 0) is 72.5 Å². The number of amides is 1. The normalized spacial score (nSPS) is 18.5. The summed E-state index contributed by atoms with van der Waals surface area (Å²) >= 11 is 2.25. The number of methoxy groups -OCH3 is 1. The zero-order valence-electron chi connectivity index (χ0n) is 16.5. The van der Waals surface area contributed by atoms with Crippen LogP contribution in [0, 0.1) is 3.57 Å². The number of hydrogen-bond acceptors (Lipinski definition) is 3. The van der Waals surface area contributed by atoms with E-state index >= 15 is 0 Å². The first kappa shape index (κ1) is 21.0. The Morgan fingerprint density at radius 2 is 2.11 bits per heavy atom. The molecular weight excluding hydrogens is 467 g/mol. The van der Waals surface area contributed by atoms with Gasteiger partial charge in [0.1, 0.15) is 6.73 Å². The van der Waals surface area contributed by atoms with Crippen LogP contribution in [0.25, 0.3) is 0 Å². The Morgan fingerprint density at radius 1 is 1.32 bits per heavy atom. The number of fused-ring (bicyclic) bond motifs is 1. The molecule has 1 aliphatic rings. The van der Waals surface area contributed by atoms with E-state index in [2.05, 4.69) is 40.1 Å². The fraction of sp³-hybridized carbons (Fsp3) is 0.455. The van der Waals surface area contributed by atoms with Gasteiger partial charge in [0, 0.05) is 34.8 Å². The summed E-state index contributed by atoms with van der Waals surface area (Å²) in [6.45, 7) is 3.30. The Hall–Kier alpha value is -1.67. The van der Waals surface area contributed by atoms with Crippen molar-refractivity contribution in [1.29, 1.82) is 0 Å². The monoisotopic (exact) mass is 494 g/mol. The van der Waals surface area contributed by atoms with Crippen molar-refractivity contribution in [2.24, 2.45) is 0 Å². The summed E-state index contributed by atoms with van der Waals surface area (Å²) in [5.41, 5.74) is 2.76. The lowest BCUT2D eigenvalue weighted by atomic mass is 9.72. The number of para-hydroxylation sites is 1. The number of ether oxygens (including phenoxy) is 1. The van der Waals surface area contributed by atoms with Gasteiger partial charge in [-0.15, -0.1) is 0 Å². The molecule has 3 rings (SSSR count). The lowest BCUT2D eigenvalue weighted by molar-refractivity contribution is -0.120. The number of carbonyl (C=O) groups excluding carboxylic acids is 2. The highest BCUT2D eigenvalue weighted by molar-refractivity contribution is 14.1. The molecule has 0 unspecified atom stereocenters. The first-order valence-electron chi connectivity index (χ1n) is 9.75. The molecule has 2 heterocycles. The maximum absolute atomic E-state index is 13.1. The Kier molecular flexibility index (Phi) is 6.93. The minimum Gasteiger partial charge on any atom is -0.364 e. The van der Waals surface area contributed by atoms with Crippen molar-refractivity contribution in [1.82, 2.24) is 4.57 Å². The summed E-state index contributed by atoms with van der Waals surface area (Å²) in [4.78, 5) is 26.2. The third kappa shape index (κ3) is 4.03. The van der Waals surface area contributed by atoms with Crippen LogP contribution >= 0.6 is 22.6 Å². The Morgan fingerprint density at radius 3 is 2.79 bits per heavy atom. The number of aromatic nitrogens is 1. The van der Waals surface area contributed by atoms with Crippen molar-refractivity contribution in [2.45, 2.75) is 51.0 Å². The summed E-state index contributed by atoms with van der Waals surface area (Å²) in [5.74, 6) is 0.0677. The van der Waals surface area contributed by atoms with Crippen LogP contribution in [0.3, 0.4) is 0 Å². The van der Waals surface area contributed by atoms with E-state index < -0.39 is 0 Å². The molecule has 0 N–H and O–H groups in total. The third-order valence-electron chi connectivity index (χ3n) is 5.91. The molecule has 0 fully saturated rings. The van der Waals surface area contributed by atoms with E-state index in [-0.39, 0.29) is 18.1 Å². The molecule has 150 valence electrons. The molecule has 5 nitrogen and oxygen atoms in total. The van der Waals surface area contributed by atoms with Gasteiger partial charge < -0.3 is 9.30 Å². The molecule has 0 saturated carbocycles. The molecule has 0 radical (unpaired) electrons. The SMILES string of the molecule is CC[C@]1(CCC(=O)N(COC)c2ccccc2I)CCCn2c(C=O)ccc21. The number of aldehydes is 1. The van der Waals surface area contributed by atoms with E-state index in [4.69, 9.17) is 4.74 Å². The van der Waals surface area contributed by atoms with Gasteiger partial charge in [0.25, 0.3) is 0 Å². The number of anilines is 1. The fourth-order valence-electron chi connectivity index (χ4n) is 4.35. The highest BCUT2D eigenvalue weighted by Crippen LogP contribution is 2.42. The molecule has 28 heavy (non-hydrogen) atoms. The third-order valence-corrected chi connectivity index (χ3v) is 6.82. The molecule has 1 aliphatic heterocycles. The number of hydrogen-bond donors (Lipinski definition) is 0. The molecule has 1 aromatic carbocycles. The lowest BCUT2D eigenvalue weighted by Crippen LogP contribution is -2.37. The van der Waals surface area contributed by atoms with E-state index in [1.807, 2.05) is 30.3 Å². The van der Waals surface area contributed by atoms with E-state index in [0.717, 1.165) is 53.5 Å². The number of halogens is 1. The van der Waals surface area contributed by atoms with Gasteiger partial charge in [0.2, 0.25) is 5.91 Å². The second-order valence-corrected chi connectivity index (χ2v) is 8.50. The van der Waals surface area contributed by atoms with E-state index in [0.29, 0.717) is 6.42 Å². The topological polar surface area (TPSA) is 51.5 Å². The second-order valence-electron chi connectivity index (χ2n) is 7.34. The molecule has 1 amide bonds. The van der Waals surface area contributed by atoms with Gasteiger partial charge in [-0.1, -0.05) is 19.1 Å². The molecule has 0 aliphatic carbocycles. The standard InChI is InChI=1S/C22H27IN2O3/c1-3-22(12-6-14-24-17(15-26)9-10-20(22)24)13-11-21(27)25(16-28-2)19-8-5-4-7-18(19)23/h4-5,7-10,15H,3,6,11-14,16H2,1-2H3/t22-/m1/s1. The quantitative estimate of drug-likeness (QED) is 0.302. The van der Waals surface area contributed by atoms with Crippen molar-refractivity contribution in [3.8, 4) is 0 Å². The van der Waals surface area contributed by atoms with E-state index in [1.54, 1.807) is 12.0 Å². The molecule has 2 aromatic rings. The predicted molar refractivity (Wildman–Crippen MR) is 119 cm³/mol. The van der Waals surface area contributed by atoms with Gasteiger partial charge in [-0.25, -0.2) is 0 Å². The van der Waals surface area contributed by atoms with E-state index in [9.17, 15) is 9.59 Å². The van der Waals surface area contributed by atoms with Crippen molar-refractivity contribution >= 4 is 40.5 Å². The molecule has 1 aromatic heterocycles. The minimum atomic E-state index is -0.0578. The van der Waals surface area contributed by atoms with Crippen LogP contribution in [-0.4, -0.2) is 30.6 Å². The zero-order valence-corrected chi connectivity index (χ0v) is 18.6. The predicted octanol–water partition coefficient (Wildman–Crippen LogP) is 4.76. The van der Waals surface area contributed by atoms with Gasteiger partial charge in [0.15, 0.2) is 6.29 Å². The number of nitrogens with zero attached hydrogens (tertiary/aromatic N) is 2. The highest BCUT2D eigenvalue weighted by atomic mass is 127. The number of rotatable bonds is 8. The molecule has 6 heteroatoms. The van der Waals surface area contributed by atoms with Crippen LogP contribution in [0.2, 0.25) is 0 Å². The van der Waals surface area contributed by atoms with Crippen molar-refractivity contribution in [2.75, 3.05) is 18.7 Å². The minimum absolute atomic E-state index is 0.0578. The summed E-state index contributed by atoms with van der Waals surface area (Å²) in [5, 5.41) is 0. The van der Waals surface area contributed by atoms with Gasteiger partial charge in [-0.2, -0.15) is 0 Å². The van der Waals surface area contributed by atoms with Crippen LogP contribution in [0.4, 0.5) is 5.69 Å². The second kappa shape index (κ2) is 9.22. The largest absolute Gasteiger partial charge is 0.364 e. The molecule has 0 saturated heterocycles. The average Bonchev–Trinajstić information content (AvgIpc) is 3.15. The maximum atomic E-state index is 13.1. The van der Waals surface area contributed by atoms with Crippen LogP contribution < -0.4 is 4.90 Å². The first-order chi connectivity index (χ1) is 13.6. The highest BCUT2D eigenvalue weighted by Gasteiger charge is 2.37. The Balaban J connectivity index is 1.81. The Labute approximate surface area is 180 Å². The average molecular weight is 494 g/mol. The summed E-state index contributed by atoms with van der Waals surface area (Å²) in [6, 6.07) is 11.8. The van der Waals surface area contributed by atoms with Crippen molar-refractivity contribution < 1.29 is 14.3 Å². The van der Waals surface area contributed by atoms with Crippen LogP contribution in [0.1, 0.15) is 55.2 Å². The maximum Gasteiger partial charge on any atom is 0.228 e. The van der Waals surface area contributed by atoms with Gasteiger partial charge in [0.05, 0.1) is 11.4 Å². The number of benzene rings is 1. The smallest absolute Gasteiger partial charge is 0.228 e. The fourth-order valence-corrected chi connectivity index (χ4v) is 5.03. The van der Waals surface area contributed by atoms with Crippen molar-refractivity contribution in [3.05, 3.63) is 51.4 Å².